The number of carbonyl (C=O) groups excluding carboxylic acids is 1. The summed E-state index contributed by atoms with van der Waals surface area (Å²) < 4.78 is 10.7. The number of aromatic nitrogens is 2. The van der Waals surface area contributed by atoms with Gasteiger partial charge in [-0.25, -0.2) is 9.97 Å². The second-order valence-corrected chi connectivity index (χ2v) is 9.81. The van der Waals surface area contributed by atoms with Crippen LogP contribution in [0.4, 0.5) is 5.95 Å². The second kappa shape index (κ2) is 9.38. The van der Waals surface area contributed by atoms with E-state index in [-0.39, 0.29) is 12.7 Å². The Morgan fingerprint density at radius 1 is 1.06 bits per heavy atom. The predicted octanol–water partition coefficient (Wildman–Crippen LogP) is 1.47. The van der Waals surface area contributed by atoms with Gasteiger partial charge in [-0.3, -0.25) is 14.6 Å². The molecule has 1 aromatic heterocycles. The van der Waals surface area contributed by atoms with E-state index in [0.717, 1.165) is 51.1 Å². The van der Waals surface area contributed by atoms with Crippen LogP contribution in [0.15, 0.2) is 36.7 Å². The van der Waals surface area contributed by atoms with E-state index in [0.29, 0.717) is 35.6 Å². The molecule has 0 spiro atoms. The summed E-state index contributed by atoms with van der Waals surface area (Å²) in [5.41, 5.74) is 0.623. The number of piperazine rings is 1. The minimum atomic E-state index is -0.0437. The van der Waals surface area contributed by atoms with E-state index in [1.165, 1.54) is 19.4 Å². The molecule has 0 aliphatic carbocycles. The average molecular weight is 465 g/mol. The first-order valence-electron chi connectivity index (χ1n) is 12.4. The maximum Gasteiger partial charge on any atom is 0.251 e. The maximum atomic E-state index is 12.7. The molecule has 0 saturated carbocycles. The standard InChI is InChI=1S/C25H32N6O3/c32-24(19-2-3-22-23(13-19)34-17-33-22)28-14-21-12-18-4-7-31(21)16-20(18)15-29-8-10-30(11-9-29)25-26-5-1-6-27-25/h1-3,5-6,13,18,20-21H,4,7-12,14-17H2,(H,28,32)/t18-,20+,21+/m0/s1. The lowest BCUT2D eigenvalue weighted by molar-refractivity contribution is -0.0120. The Labute approximate surface area is 200 Å². The van der Waals surface area contributed by atoms with Crippen LogP contribution in [0.1, 0.15) is 23.2 Å². The summed E-state index contributed by atoms with van der Waals surface area (Å²) in [4.78, 5) is 29.0. The molecule has 4 fully saturated rings. The van der Waals surface area contributed by atoms with Crippen LogP contribution in [-0.2, 0) is 0 Å². The monoisotopic (exact) mass is 464 g/mol. The number of hydrogen-bond donors (Lipinski definition) is 1. The molecule has 1 unspecified atom stereocenters. The summed E-state index contributed by atoms with van der Waals surface area (Å²) in [5, 5.41) is 3.16. The van der Waals surface area contributed by atoms with Gasteiger partial charge in [-0.15, -0.1) is 0 Å². The molecule has 9 heteroatoms. The fourth-order valence-electron chi connectivity index (χ4n) is 5.94. The number of anilines is 1. The van der Waals surface area contributed by atoms with E-state index in [1.54, 1.807) is 18.2 Å². The summed E-state index contributed by atoms with van der Waals surface area (Å²) in [7, 11) is 0. The zero-order chi connectivity index (χ0) is 22.9. The zero-order valence-electron chi connectivity index (χ0n) is 19.4. The molecule has 7 rings (SSSR count). The molecule has 2 bridgehead atoms. The third-order valence-electron chi connectivity index (χ3n) is 7.85. The minimum Gasteiger partial charge on any atom is -0.454 e. The smallest absolute Gasteiger partial charge is 0.251 e. The van der Waals surface area contributed by atoms with Crippen molar-refractivity contribution in [1.29, 1.82) is 0 Å². The largest absolute Gasteiger partial charge is 0.454 e. The molecule has 4 atom stereocenters. The first-order valence-corrected chi connectivity index (χ1v) is 12.4. The lowest BCUT2D eigenvalue weighted by atomic mass is 9.75. The second-order valence-electron chi connectivity index (χ2n) is 9.81. The number of hydrogen-bond acceptors (Lipinski definition) is 8. The first-order chi connectivity index (χ1) is 16.7. The molecule has 9 nitrogen and oxygen atoms in total. The van der Waals surface area contributed by atoms with Crippen molar-refractivity contribution in [3.8, 4) is 11.5 Å². The van der Waals surface area contributed by atoms with Crippen LogP contribution in [0.5, 0.6) is 11.5 Å². The Hall–Kier alpha value is -2.91. The highest BCUT2D eigenvalue weighted by Crippen LogP contribution is 2.37. The van der Waals surface area contributed by atoms with Crippen LogP contribution in [0.25, 0.3) is 0 Å². The van der Waals surface area contributed by atoms with Crippen molar-refractivity contribution < 1.29 is 14.3 Å². The molecule has 180 valence electrons. The van der Waals surface area contributed by atoms with Crippen LogP contribution in [0, 0.1) is 11.8 Å². The highest BCUT2D eigenvalue weighted by atomic mass is 16.7. The van der Waals surface area contributed by atoms with Crippen LogP contribution >= 0.6 is 0 Å². The molecular formula is C25H32N6O3. The third-order valence-corrected chi connectivity index (χ3v) is 7.85. The zero-order valence-corrected chi connectivity index (χ0v) is 19.4. The Morgan fingerprint density at radius 3 is 2.68 bits per heavy atom. The molecule has 0 radical (unpaired) electrons. The van der Waals surface area contributed by atoms with E-state index in [2.05, 4.69) is 30.0 Å². The molecule has 1 N–H and O–H groups in total. The fraction of sp³-hybridized carbons (Fsp3) is 0.560. The molecule has 1 aromatic carbocycles. The highest BCUT2D eigenvalue weighted by Gasteiger charge is 2.40. The van der Waals surface area contributed by atoms with Gasteiger partial charge in [-0.2, -0.15) is 0 Å². The quantitative estimate of drug-likeness (QED) is 0.688. The van der Waals surface area contributed by atoms with Gasteiger partial charge in [0.15, 0.2) is 11.5 Å². The van der Waals surface area contributed by atoms with Crippen molar-refractivity contribution in [1.82, 2.24) is 25.1 Å². The van der Waals surface area contributed by atoms with Crippen molar-refractivity contribution >= 4 is 11.9 Å². The molecule has 6 heterocycles. The van der Waals surface area contributed by atoms with Gasteiger partial charge in [0.25, 0.3) is 5.91 Å². The van der Waals surface area contributed by atoms with E-state index >= 15 is 0 Å². The Kier molecular flexibility index (Phi) is 5.97. The number of piperidine rings is 3. The van der Waals surface area contributed by atoms with Gasteiger partial charge in [0.05, 0.1) is 0 Å². The number of nitrogens with one attached hydrogen (secondary N) is 1. The topological polar surface area (TPSA) is 83.1 Å². The third kappa shape index (κ3) is 4.42. The van der Waals surface area contributed by atoms with E-state index < -0.39 is 0 Å². The molecule has 5 aliphatic heterocycles. The fourth-order valence-corrected chi connectivity index (χ4v) is 5.94. The molecular weight excluding hydrogens is 432 g/mol. The van der Waals surface area contributed by atoms with E-state index in [4.69, 9.17) is 9.47 Å². The number of fused-ring (bicyclic) bond motifs is 4. The summed E-state index contributed by atoms with van der Waals surface area (Å²) in [6.45, 7) is 8.47. The van der Waals surface area contributed by atoms with E-state index in [9.17, 15) is 4.79 Å². The molecule has 1 amide bonds. The maximum absolute atomic E-state index is 12.7. The Morgan fingerprint density at radius 2 is 1.88 bits per heavy atom. The van der Waals surface area contributed by atoms with Gasteiger partial charge in [-0.05, 0) is 55.5 Å². The van der Waals surface area contributed by atoms with Crippen molar-refractivity contribution in [2.24, 2.45) is 11.8 Å². The van der Waals surface area contributed by atoms with Crippen molar-refractivity contribution in [2.75, 3.05) is 64.1 Å². The summed E-state index contributed by atoms with van der Waals surface area (Å²) in [6, 6.07) is 7.67. The number of carbonyl (C=O) groups is 1. The number of ether oxygens (including phenoxy) is 2. The van der Waals surface area contributed by atoms with Gasteiger partial charge >= 0.3 is 0 Å². The molecule has 34 heavy (non-hydrogen) atoms. The first kappa shape index (κ1) is 21.6. The van der Waals surface area contributed by atoms with Crippen molar-refractivity contribution in [2.45, 2.75) is 18.9 Å². The van der Waals surface area contributed by atoms with E-state index in [1.807, 2.05) is 18.5 Å². The lowest BCUT2D eigenvalue weighted by Crippen LogP contribution is -2.59. The number of amides is 1. The Bertz CT molecular complexity index is 1010. The van der Waals surface area contributed by atoms with Crippen molar-refractivity contribution in [3.05, 3.63) is 42.2 Å². The van der Waals surface area contributed by atoms with Gasteiger partial charge in [0, 0.05) is 69.8 Å². The predicted molar refractivity (Wildman–Crippen MR) is 127 cm³/mol. The van der Waals surface area contributed by atoms with Crippen LogP contribution in [-0.4, -0.2) is 90.9 Å². The van der Waals surface area contributed by atoms with Crippen LogP contribution in [0.3, 0.4) is 0 Å². The average Bonchev–Trinajstić information content (AvgIpc) is 3.37. The van der Waals surface area contributed by atoms with Gasteiger partial charge in [0.2, 0.25) is 12.7 Å². The number of nitrogens with zero attached hydrogens (tertiary/aromatic N) is 5. The van der Waals surface area contributed by atoms with Crippen molar-refractivity contribution in [3.63, 3.8) is 0 Å². The normalized spacial score (nSPS) is 28.2. The molecule has 2 aromatic rings. The minimum absolute atomic E-state index is 0.0437. The number of benzene rings is 1. The SMILES string of the molecule is O=C(NC[C@H]1C[C@@H]2CCN1C[C@H]2CN1CCN(c2ncccn2)CC1)c1ccc2c(c1)OCO2. The van der Waals surface area contributed by atoms with Crippen LogP contribution in [0.2, 0.25) is 0 Å². The lowest BCUT2D eigenvalue weighted by Gasteiger charge is -2.51. The highest BCUT2D eigenvalue weighted by molar-refractivity contribution is 5.94. The van der Waals surface area contributed by atoms with Gasteiger partial charge < -0.3 is 19.7 Å². The van der Waals surface area contributed by atoms with Gasteiger partial charge in [-0.1, -0.05) is 0 Å². The summed E-state index contributed by atoms with van der Waals surface area (Å²) >= 11 is 0. The Balaban J connectivity index is 0.979. The van der Waals surface area contributed by atoms with Crippen LogP contribution < -0.4 is 19.7 Å². The number of rotatable bonds is 6. The molecule has 4 saturated heterocycles. The summed E-state index contributed by atoms with van der Waals surface area (Å²) in [6.07, 6.45) is 6.07. The van der Waals surface area contributed by atoms with Gasteiger partial charge in [0.1, 0.15) is 0 Å². The summed E-state index contributed by atoms with van der Waals surface area (Å²) in [5.74, 6) is 3.61. The molecule has 5 aliphatic rings.